The third-order valence-electron chi connectivity index (χ3n) is 4.14. The molecule has 4 nitrogen and oxygen atoms in total. The van der Waals surface area contributed by atoms with Crippen LogP contribution < -0.4 is 10.1 Å². The van der Waals surface area contributed by atoms with Crippen LogP contribution in [0.1, 0.15) is 42.9 Å². The van der Waals surface area contributed by atoms with E-state index in [1.54, 1.807) is 7.11 Å². The molecule has 0 fully saturated rings. The van der Waals surface area contributed by atoms with Gasteiger partial charge in [0.25, 0.3) is 0 Å². The van der Waals surface area contributed by atoms with Gasteiger partial charge in [-0.25, -0.2) is 0 Å². The van der Waals surface area contributed by atoms with E-state index in [2.05, 4.69) is 5.32 Å². The van der Waals surface area contributed by atoms with Crippen molar-refractivity contribution in [2.75, 3.05) is 13.7 Å². The van der Waals surface area contributed by atoms with E-state index in [1.807, 2.05) is 61.5 Å². The van der Waals surface area contributed by atoms with Crippen molar-refractivity contribution in [1.82, 2.24) is 5.32 Å². The zero-order valence-electron chi connectivity index (χ0n) is 14.2. The predicted octanol–water partition coefficient (Wildman–Crippen LogP) is 3.43. The van der Waals surface area contributed by atoms with Crippen LogP contribution in [0.25, 0.3) is 0 Å². The van der Waals surface area contributed by atoms with Crippen LogP contribution in [-0.4, -0.2) is 24.7 Å². The molecule has 2 atom stereocenters. The van der Waals surface area contributed by atoms with Gasteiger partial charge in [-0.15, -0.1) is 0 Å². The lowest BCUT2D eigenvalue weighted by Gasteiger charge is -2.17. The maximum absolute atomic E-state index is 12.4. The fourth-order valence-electron chi connectivity index (χ4n) is 2.71. The molecule has 0 aromatic heterocycles. The Balaban J connectivity index is 1.87. The van der Waals surface area contributed by atoms with Gasteiger partial charge in [-0.1, -0.05) is 49.4 Å². The van der Waals surface area contributed by atoms with E-state index < -0.39 is 6.10 Å². The molecule has 0 heterocycles. The molecule has 2 unspecified atom stereocenters. The number of aliphatic hydroxyl groups is 1. The Labute approximate surface area is 143 Å². The fraction of sp³-hybridized carbons (Fsp3) is 0.350. The molecule has 0 aliphatic heterocycles. The van der Waals surface area contributed by atoms with Gasteiger partial charge >= 0.3 is 0 Å². The number of carbonyl (C=O) groups is 1. The van der Waals surface area contributed by atoms with Gasteiger partial charge in [0.15, 0.2) is 0 Å². The zero-order chi connectivity index (χ0) is 17.4. The molecular weight excluding hydrogens is 302 g/mol. The van der Waals surface area contributed by atoms with Gasteiger partial charge in [0.05, 0.1) is 19.1 Å². The maximum atomic E-state index is 12.4. The van der Waals surface area contributed by atoms with Crippen molar-refractivity contribution in [1.29, 1.82) is 0 Å². The minimum Gasteiger partial charge on any atom is -0.497 e. The second-order valence-electron chi connectivity index (χ2n) is 5.74. The highest BCUT2D eigenvalue weighted by atomic mass is 16.5. The first-order valence-corrected chi connectivity index (χ1v) is 8.30. The zero-order valence-corrected chi connectivity index (χ0v) is 14.2. The number of carbonyl (C=O) groups excluding carboxylic acids is 1. The lowest BCUT2D eigenvalue weighted by Crippen LogP contribution is -2.30. The summed E-state index contributed by atoms with van der Waals surface area (Å²) in [5, 5.41) is 13.1. The Kier molecular flexibility index (Phi) is 6.82. The largest absolute Gasteiger partial charge is 0.497 e. The highest BCUT2D eigenvalue weighted by Crippen LogP contribution is 2.22. The van der Waals surface area contributed by atoms with Crippen molar-refractivity contribution < 1.29 is 14.6 Å². The molecule has 0 bridgehead atoms. The molecule has 4 heteroatoms. The van der Waals surface area contributed by atoms with Gasteiger partial charge in [-0.2, -0.15) is 0 Å². The predicted molar refractivity (Wildman–Crippen MR) is 95.1 cm³/mol. The minimum atomic E-state index is -0.562. The quantitative estimate of drug-likeness (QED) is 0.781. The average molecular weight is 327 g/mol. The summed E-state index contributed by atoms with van der Waals surface area (Å²) in [5.41, 5.74) is 1.84. The topological polar surface area (TPSA) is 58.6 Å². The van der Waals surface area contributed by atoms with Gasteiger partial charge in [-0.05, 0) is 36.1 Å². The van der Waals surface area contributed by atoms with Gasteiger partial charge in [0.2, 0.25) is 5.91 Å². The molecule has 128 valence electrons. The number of hydrogen-bond acceptors (Lipinski definition) is 3. The summed E-state index contributed by atoms with van der Waals surface area (Å²) >= 11 is 0. The van der Waals surface area contributed by atoms with E-state index in [-0.39, 0.29) is 11.8 Å². The van der Waals surface area contributed by atoms with Gasteiger partial charge in [0.1, 0.15) is 5.75 Å². The molecule has 0 spiro atoms. The first kappa shape index (κ1) is 18.0. The Bertz CT molecular complexity index is 625. The van der Waals surface area contributed by atoms with Crippen LogP contribution in [0.4, 0.5) is 0 Å². The Hall–Kier alpha value is -2.33. The van der Waals surface area contributed by atoms with Gasteiger partial charge in [-0.3, -0.25) is 4.79 Å². The van der Waals surface area contributed by atoms with E-state index >= 15 is 0 Å². The summed E-state index contributed by atoms with van der Waals surface area (Å²) in [6, 6.07) is 17.1. The second kappa shape index (κ2) is 9.08. The van der Waals surface area contributed by atoms with Crippen LogP contribution in [-0.2, 0) is 4.79 Å². The molecule has 1 amide bonds. The van der Waals surface area contributed by atoms with Crippen LogP contribution in [0.2, 0.25) is 0 Å². The molecule has 2 aromatic carbocycles. The molecule has 0 aliphatic carbocycles. The van der Waals surface area contributed by atoms with Crippen LogP contribution in [0.3, 0.4) is 0 Å². The van der Waals surface area contributed by atoms with E-state index in [0.717, 1.165) is 23.3 Å². The highest BCUT2D eigenvalue weighted by molar-refractivity contribution is 5.83. The number of benzene rings is 2. The number of amides is 1. The maximum Gasteiger partial charge on any atom is 0.227 e. The number of ether oxygens (including phenoxy) is 1. The lowest BCUT2D eigenvalue weighted by molar-refractivity contribution is -0.122. The normalized spacial score (nSPS) is 13.1. The summed E-state index contributed by atoms with van der Waals surface area (Å²) in [7, 11) is 1.62. The van der Waals surface area contributed by atoms with E-state index in [0.29, 0.717) is 13.0 Å². The van der Waals surface area contributed by atoms with Crippen molar-refractivity contribution in [3.8, 4) is 5.75 Å². The molecular formula is C20H25NO3. The molecule has 0 saturated carbocycles. The summed E-state index contributed by atoms with van der Waals surface area (Å²) in [6.07, 6.45) is 0.654. The summed E-state index contributed by atoms with van der Waals surface area (Å²) in [6.45, 7) is 2.44. The van der Waals surface area contributed by atoms with E-state index in [4.69, 9.17) is 4.74 Å². The fourth-order valence-corrected chi connectivity index (χ4v) is 2.71. The highest BCUT2D eigenvalue weighted by Gasteiger charge is 2.18. The van der Waals surface area contributed by atoms with Crippen molar-refractivity contribution in [2.24, 2.45) is 0 Å². The number of methoxy groups -OCH3 is 1. The standard InChI is InChI=1S/C20H25NO3/c1-3-18(15-9-11-17(24-2)12-10-15)20(23)21-14-13-19(22)16-7-5-4-6-8-16/h4-12,18-19,22H,3,13-14H2,1-2H3,(H,21,23). The van der Waals surface area contributed by atoms with Crippen molar-refractivity contribution in [3.63, 3.8) is 0 Å². The molecule has 2 N–H and O–H groups in total. The molecule has 0 radical (unpaired) electrons. The first-order valence-electron chi connectivity index (χ1n) is 8.30. The second-order valence-corrected chi connectivity index (χ2v) is 5.74. The lowest BCUT2D eigenvalue weighted by atomic mass is 9.95. The minimum absolute atomic E-state index is 0.0112. The van der Waals surface area contributed by atoms with Crippen LogP contribution in [0, 0.1) is 0 Å². The van der Waals surface area contributed by atoms with E-state index in [1.165, 1.54) is 0 Å². The van der Waals surface area contributed by atoms with Crippen LogP contribution in [0.15, 0.2) is 54.6 Å². The average Bonchev–Trinajstić information content (AvgIpc) is 2.63. The number of rotatable bonds is 8. The van der Waals surface area contributed by atoms with Crippen molar-refractivity contribution in [3.05, 3.63) is 65.7 Å². The molecule has 0 aliphatic rings. The third-order valence-corrected chi connectivity index (χ3v) is 4.14. The molecule has 2 aromatic rings. The third kappa shape index (κ3) is 4.83. The monoisotopic (exact) mass is 327 g/mol. The Morgan fingerprint density at radius 2 is 1.75 bits per heavy atom. The van der Waals surface area contributed by atoms with Crippen molar-refractivity contribution >= 4 is 5.91 Å². The molecule has 24 heavy (non-hydrogen) atoms. The number of aliphatic hydroxyl groups excluding tert-OH is 1. The molecule has 0 saturated heterocycles. The smallest absolute Gasteiger partial charge is 0.227 e. The SMILES string of the molecule is CCC(C(=O)NCCC(O)c1ccccc1)c1ccc(OC)cc1. The number of nitrogens with one attached hydrogen (secondary N) is 1. The summed E-state index contributed by atoms with van der Waals surface area (Å²) in [5.74, 6) is 0.577. The Morgan fingerprint density at radius 3 is 2.33 bits per heavy atom. The van der Waals surface area contributed by atoms with Crippen LogP contribution in [0.5, 0.6) is 5.75 Å². The van der Waals surface area contributed by atoms with Gasteiger partial charge in [0, 0.05) is 6.54 Å². The van der Waals surface area contributed by atoms with Crippen LogP contribution >= 0.6 is 0 Å². The summed E-state index contributed by atoms with van der Waals surface area (Å²) < 4.78 is 5.15. The van der Waals surface area contributed by atoms with Gasteiger partial charge < -0.3 is 15.2 Å². The first-order chi connectivity index (χ1) is 11.7. The van der Waals surface area contributed by atoms with E-state index in [9.17, 15) is 9.90 Å². The number of hydrogen-bond donors (Lipinski definition) is 2. The molecule has 2 rings (SSSR count). The summed E-state index contributed by atoms with van der Waals surface area (Å²) in [4.78, 5) is 12.4. The Morgan fingerprint density at radius 1 is 1.08 bits per heavy atom. The van der Waals surface area contributed by atoms with Crippen molar-refractivity contribution in [2.45, 2.75) is 31.8 Å².